The molecule has 3 aromatic rings. The third-order valence-electron chi connectivity index (χ3n) is 4.90. The van der Waals surface area contributed by atoms with Crippen LogP contribution in [0.25, 0.3) is 10.9 Å². The van der Waals surface area contributed by atoms with Gasteiger partial charge in [0.15, 0.2) is 5.16 Å². The molecule has 0 spiro atoms. The third kappa shape index (κ3) is 5.02. The molecule has 2 aromatic carbocycles. The molecule has 6 nitrogen and oxygen atoms in total. The second-order valence-corrected chi connectivity index (χ2v) is 8.41. The molecular formula is C23H28N4O2S. The number of amides is 1. The first-order chi connectivity index (χ1) is 14.4. The normalized spacial score (nSPS) is 10.9. The van der Waals surface area contributed by atoms with Gasteiger partial charge in [0.05, 0.1) is 16.7 Å². The Hall–Kier alpha value is -2.80. The molecule has 0 N–H and O–H groups in total. The molecule has 0 saturated heterocycles. The van der Waals surface area contributed by atoms with E-state index in [0.717, 1.165) is 17.7 Å². The Labute approximate surface area is 181 Å². The van der Waals surface area contributed by atoms with E-state index in [1.807, 2.05) is 68.4 Å². The number of anilines is 1. The molecule has 7 heteroatoms. The van der Waals surface area contributed by atoms with Crippen LogP contribution in [-0.4, -0.2) is 47.3 Å². The fraction of sp³-hybridized carbons (Fsp3) is 0.348. The van der Waals surface area contributed by atoms with Gasteiger partial charge in [-0.1, -0.05) is 43.0 Å². The molecule has 30 heavy (non-hydrogen) atoms. The highest BCUT2D eigenvalue weighted by Crippen LogP contribution is 2.19. The summed E-state index contributed by atoms with van der Waals surface area (Å²) in [6.07, 6.45) is 0.824. The van der Waals surface area contributed by atoms with Crippen molar-refractivity contribution in [1.29, 1.82) is 0 Å². The van der Waals surface area contributed by atoms with Crippen molar-refractivity contribution in [3.05, 3.63) is 64.4 Å². The molecule has 3 rings (SSSR count). The molecule has 0 aliphatic rings. The van der Waals surface area contributed by atoms with Crippen molar-refractivity contribution in [3.8, 4) is 0 Å². The molecule has 1 amide bonds. The zero-order valence-electron chi connectivity index (χ0n) is 18.0. The van der Waals surface area contributed by atoms with E-state index in [4.69, 9.17) is 0 Å². The Balaban J connectivity index is 1.71. The number of benzene rings is 2. The second-order valence-electron chi connectivity index (χ2n) is 7.47. The minimum absolute atomic E-state index is 0.00198. The van der Waals surface area contributed by atoms with E-state index in [1.165, 1.54) is 11.8 Å². The van der Waals surface area contributed by atoms with Crippen LogP contribution >= 0.6 is 11.8 Å². The van der Waals surface area contributed by atoms with Crippen LogP contribution in [0, 0.1) is 0 Å². The minimum Gasteiger partial charge on any atom is -0.378 e. The molecule has 0 bridgehead atoms. The van der Waals surface area contributed by atoms with Crippen molar-refractivity contribution in [3.63, 3.8) is 0 Å². The number of aromatic nitrogens is 2. The molecular weight excluding hydrogens is 396 g/mol. The van der Waals surface area contributed by atoms with Gasteiger partial charge in [-0.15, -0.1) is 0 Å². The lowest BCUT2D eigenvalue weighted by Gasteiger charge is -2.19. The lowest BCUT2D eigenvalue weighted by molar-refractivity contribution is -0.127. The summed E-state index contributed by atoms with van der Waals surface area (Å²) in [6.45, 7) is 3.15. The zero-order valence-corrected chi connectivity index (χ0v) is 18.8. The summed E-state index contributed by atoms with van der Waals surface area (Å²) in [7, 11) is 5.80. The van der Waals surface area contributed by atoms with Crippen molar-refractivity contribution in [2.75, 3.05) is 31.8 Å². The maximum absolute atomic E-state index is 12.8. The van der Waals surface area contributed by atoms with E-state index in [1.54, 1.807) is 22.6 Å². The predicted molar refractivity (Wildman–Crippen MR) is 124 cm³/mol. The van der Waals surface area contributed by atoms with E-state index in [-0.39, 0.29) is 17.2 Å². The van der Waals surface area contributed by atoms with Crippen LogP contribution < -0.4 is 10.5 Å². The van der Waals surface area contributed by atoms with E-state index in [0.29, 0.717) is 29.1 Å². The van der Waals surface area contributed by atoms with E-state index in [9.17, 15) is 9.59 Å². The van der Waals surface area contributed by atoms with Crippen molar-refractivity contribution in [1.82, 2.24) is 14.5 Å². The van der Waals surface area contributed by atoms with Crippen molar-refractivity contribution in [2.45, 2.75) is 31.6 Å². The Bertz CT molecular complexity index is 1080. The molecule has 0 fully saturated rings. The van der Waals surface area contributed by atoms with Crippen LogP contribution in [0.2, 0.25) is 0 Å². The standard InChI is InChI=1S/C23H28N4O2S/c1-5-14-27-22(29)19-8-6-7-9-20(19)24-23(27)30-16-21(28)26(4)15-17-10-12-18(13-11-17)25(2)3/h6-13H,5,14-16H2,1-4H3. The molecule has 0 unspecified atom stereocenters. The number of rotatable bonds is 8. The van der Waals surface area contributed by atoms with Crippen molar-refractivity contribution >= 4 is 34.3 Å². The van der Waals surface area contributed by atoms with Gasteiger partial charge in [-0.05, 0) is 36.2 Å². The topological polar surface area (TPSA) is 58.4 Å². The minimum atomic E-state index is -0.0493. The van der Waals surface area contributed by atoms with Crippen LogP contribution in [0.3, 0.4) is 0 Å². The number of nitrogens with zero attached hydrogens (tertiary/aromatic N) is 4. The molecule has 0 aliphatic carbocycles. The summed E-state index contributed by atoms with van der Waals surface area (Å²) in [6, 6.07) is 15.5. The first-order valence-corrected chi connectivity index (χ1v) is 11.0. The highest BCUT2D eigenvalue weighted by molar-refractivity contribution is 7.99. The monoisotopic (exact) mass is 424 g/mol. The second kappa shape index (κ2) is 9.80. The highest BCUT2D eigenvalue weighted by Gasteiger charge is 2.15. The summed E-state index contributed by atoms with van der Waals surface area (Å²) in [4.78, 5) is 33.9. The van der Waals surface area contributed by atoms with Crippen LogP contribution in [0.1, 0.15) is 18.9 Å². The molecule has 0 atom stereocenters. The molecule has 1 heterocycles. The molecule has 0 saturated carbocycles. The summed E-state index contributed by atoms with van der Waals surface area (Å²) in [5.41, 5.74) is 2.82. The van der Waals surface area contributed by atoms with E-state index in [2.05, 4.69) is 4.98 Å². The predicted octanol–water partition coefficient (Wildman–Crippen LogP) is 3.62. The number of carbonyl (C=O) groups excluding carboxylic acids is 1. The van der Waals surface area contributed by atoms with Gasteiger partial charge < -0.3 is 9.80 Å². The third-order valence-corrected chi connectivity index (χ3v) is 5.86. The van der Waals surface area contributed by atoms with E-state index >= 15 is 0 Å². The number of hydrogen-bond acceptors (Lipinski definition) is 5. The zero-order chi connectivity index (χ0) is 21.7. The number of carbonyl (C=O) groups is 1. The van der Waals surface area contributed by atoms with Gasteiger partial charge in [-0.2, -0.15) is 0 Å². The Kier molecular flexibility index (Phi) is 7.15. The summed E-state index contributed by atoms with van der Waals surface area (Å²) >= 11 is 1.32. The smallest absolute Gasteiger partial charge is 0.262 e. The largest absolute Gasteiger partial charge is 0.378 e. The Morgan fingerprint density at radius 1 is 1.07 bits per heavy atom. The SMILES string of the molecule is CCCn1c(SCC(=O)N(C)Cc2ccc(N(C)C)cc2)nc2ccccc2c1=O. The number of thioether (sulfide) groups is 1. The van der Waals surface area contributed by atoms with Crippen LogP contribution in [0.4, 0.5) is 5.69 Å². The van der Waals surface area contributed by atoms with Crippen molar-refractivity contribution < 1.29 is 4.79 Å². The van der Waals surface area contributed by atoms with Crippen LogP contribution in [-0.2, 0) is 17.9 Å². The maximum atomic E-state index is 12.8. The lowest BCUT2D eigenvalue weighted by Crippen LogP contribution is -2.29. The highest BCUT2D eigenvalue weighted by atomic mass is 32.2. The lowest BCUT2D eigenvalue weighted by atomic mass is 10.2. The van der Waals surface area contributed by atoms with Gasteiger partial charge in [-0.3, -0.25) is 14.2 Å². The first-order valence-electron chi connectivity index (χ1n) is 10.0. The Morgan fingerprint density at radius 3 is 2.43 bits per heavy atom. The molecule has 1 aromatic heterocycles. The van der Waals surface area contributed by atoms with Gasteiger partial charge in [0.25, 0.3) is 5.56 Å². The summed E-state index contributed by atoms with van der Waals surface area (Å²) in [5, 5.41) is 1.21. The number of fused-ring (bicyclic) bond motifs is 1. The van der Waals surface area contributed by atoms with Gasteiger partial charge in [0.2, 0.25) is 5.91 Å². The fourth-order valence-electron chi connectivity index (χ4n) is 3.18. The van der Waals surface area contributed by atoms with Crippen molar-refractivity contribution in [2.24, 2.45) is 0 Å². The van der Waals surface area contributed by atoms with Crippen LogP contribution in [0.15, 0.2) is 58.5 Å². The maximum Gasteiger partial charge on any atom is 0.262 e. The quantitative estimate of drug-likeness (QED) is 0.408. The van der Waals surface area contributed by atoms with Gasteiger partial charge in [-0.25, -0.2) is 4.98 Å². The van der Waals surface area contributed by atoms with Gasteiger partial charge in [0, 0.05) is 39.9 Å². The van der Waals surface area contributed by atoms with Crippen LogP contribution in [0.5, 0.6) is 0 Å². The first kappa shape index (κ1) is 21.9. The molecule has 0 aliphatic heterocycles. The average molecular weight is 425 g/mol. The molecule has 0 radical (unpaired) electrons. The molecule has 158 valence electrons. The summed E-state index contributed by atoms with van der Waals surface area (Å²) in [5.74, 6) is 0.239. The average Bonchev–Trinajstić information content (AvgIpc) is 2.74. The van der Waals surface area contributed by atoms with Gasteiger partial charge in [0.1, 0.15) is 0 Å². The fourth-order valence-corrected chi connectivity index (χ4v) is 4.14. The number of para-hydroxylation sites is 1. The summed E-state index contributed by atoms with van der Waals surface area (Å²) < 4.78 is 1.68. The Morgan fingerprint density at radius 2 is 1.77 bits per heavy atom. The van der Waals surface area contributed by atoms with Gasteiger partial charge >= 0.3 is 0 Å². The van der Waals surface area contributed by atoms with E-state index < -0.39 is 0 Å². The number of hydrogen-bond donors (Lipinski definition) is 0.